The summed E-state index contributed by atoms with van der Waals surface area (Å²) in [4.78, 5) is 37.8. The molecule has 2 amide bonds. The highest BCUT2D eigenvalue weighted by Gasteiger charge is 2.14. The van der Waals surface area contributed by atoms with Crippen molar-refractivity contribution in [3.05, 3.63) is 52.7 Å². The molecule has 0 bridgehead atoms. The van der Waals surface area contributed by atoms with Gasteiger partial charge in [0.15, 0.2) is 5.13 Å². The first kappa shape index (κ1) is 21.1. The average Bonchev–Trinajstić information content (AvgIpc) is 3.11. The summed E-state index contributed by atoms with van der Waals surface area (Å²) >= 11 is 1.39. The molecule has 0 spiro atoms. The standard InChI is InChI=1S/C19H22N8O2S/c1-10(20)7-22-18-23-9-14(15(21)28)16(26-18)25-13-5-3-4-12(6-13)17(29)27-19-24-8-11(2)30-19/h3-6,8-10H,7,20H2,1-2H3,(H2,21,28)(H,24,27,29)(H2,22,23,25,26)/t10-/m0/s1. The normalized spacial score (nSPS) is 11.6. The molecule has 2 heterocycles. The summed E-state index contributed by atoms with van der Waals surface area (Å²) in [6.07, 6.45) is 3.03. The van der Waals surface area contributed by atoms with Gasteiger partial charge in [0.25, 0.3) is 11.8 Å². The summed E-state index contributed by atoms with van der Waals surface area (Å²) in [5, 5.41) is 9.29. The van der Waals surface area contributed by atoms with Crippen LogP contribution in [0.5, 0.6) is 0 Å². The van der Waals surface area contributed by atoms with E-state index in [9.17, 15) is 9.59 Å². The monoisotopic (exact) mass is 426 g/mol. The number of primary amides is 1. The van der Waals surface area contributed by atoms with E-state index in [0.29, 0.717) is 28.9 Å². The van der Waals surface area contributed by atoms with E-state index >= 15 is 0 Å². The zero-order valence-electron chi connectivity index (χ0n) is 16.5. The number of aromatic nitrogens is 3. The third-order valence-corrected chi connectivity index (χ3v) is 4.69. The van der Waals surface area contributed by atoms with Crippen LogP contribution in [-0.4, -0.2) is 39.4 Å². The molecule has 0 radical (unpaired) electrons. The van der Waals surface area contributed by atoms with Gasteiger partial charge < -0.3 is 22.1 Å². The first-order valence-corrected chi connectivity index (χ1v) is 9.90. The maximum absolute atomic E-state index is 12.5. The predicted molar refractivity (Wildman–Crippen MR) is 117 cm³/mol. The molecule has 0 aliphatic rings. The quantitative estimate of drug-likeness (QED) is 0.366. The Labute approximate surface area is 177 Å². The molecule has 2 aromatic heterocycles. The fourth-order valence-corrected chi connectivity index (χ4v) is 3.11. The van der Waals surface area contributed by atoms with Gasteiger partial charge in [0.2, 0.25) is 5.95 Å². The van der Waals surface area contributed by atoms with Crippen molar-refractivity contribution in [2.45, 2.75) is 19.9 Å². The third kappa shape index (κ3) is 5.49. The Kier molecular flexibility index (Phi) is 6.54. The highest BCUT2D eigenvalue weighted by Crippen LogP contribution is 2.22. The number of rotatable bonds is 8. The van der Waals surface area contributed by atoms with Crippen molar-refractivity contribution in [1.29, 1.82) is 0 Å². The van der Waals surface area contributed by atoms with Gasteiger partial charge in [0, 0.05) is 41.1 Å². The van der Waals surface area contributed by atoms with Gasteiger partial charge in [0.1, 0.15) is 11.4 Å². The summed E-state index contributed by atoms with van der Waals surface area (Å²) in [5.41, 5.74) is 12.3. The molecule has 0 aliphatic heterocycles. The second kappa shape index (κ2) is 9.29. The van der Waals surface area contributed by atoms with Crippen molar-refractivity contribution >= 4 is 45.7 Å². The number of benzene rings is 1. The molecule has 0 aliphatic carbocycles. The van der Waals surface area contributed by atoms with Gasteiger partial charge in [-0.15, -0.1) is 11.3 Å². The number of carbonyl (C=O) groups excluding carboxylic acids is 2. The number of carbonyl (C=O) groups is 2. The number of hydrogen-bond donors (Lipinski definition) is 5. The lowest BCUT2D eigenvalue weighted by Crippen LogP contribution is -2.26. The Morgan fingerprint density at radius 1 is 1.23 bits per heavy atom. The van der Waals surface area contributed by atoms with Crippen LogP contribution in [0.15, 0.2) is 36.7 Å². The minimum absolute atomic E-state index is 0.0994. The molecule has 7 N–H and O–H groups in total. The SMILES string of the molecule is Cc1cnc(NC(=O)c2cccc(Nc3nc(NC[C@H](C)N)ncc3C(N)=O)c2)s1. The number of nitrogens with zero attached hydrogens (tertiary/aromatic N) is 3. The van der Waals surface area contributed by atoms with Crippen molar-refractivity contribution in [3.63, 3.8) is 0 Å². The Morgan fingerprint density at radius 2 is 2.03 bits per heavy atom. The molecule has 0 saturated carbocycles. The first-order valence-electron chi connectivity index (χ1n) is 9.09. The molecule has 0 saturated heterocycles. The van der Waals surface area contributed by atoms with Gasteiger partial charge in [-0.05, 0) is 32.0 Å². The van der Waals surface area contributed by atoms with Gasteiger partial charge in [-0.25, -0.2) is 9.97 Å². The molecule has 3 rings (SSSR count). The summed E-state index contributed by atoms with van der Waals surface area (Å²) < 4.78 is 0. The van der Waals surface area contributed by atoms with Crippen molar-refractivity contribution in [1.82, 2.24) is 15.0 Å². The molecular formula is C19H22N8O2S. The number of amides is 2. The van der Waals surface area contributed by atoms with Crippen LogP contribution >= 0.6 is 11.3 Å². The summed E-state index contributed by atoms with van der Waals surface area (Å²) in [5.74, 6) is -0.458. The highest BCUT2D eigenvalue weighted by atomic mass is 32.1. The van der Waals surface area contributed by atoms with E-state index in [1.54, 1.807) is 30.5 Å². The van der Waals surface area contributed by atoms with Crippen molar-refractivity contribution in [2.75, 3.05) is 22.5 Å². The number of nitrogens with two attached hydrogens (primary N) is 2. The molecule has 1 atom stereocenters. The average molecular weight is 427 g/mol. The van der Waals surface area contributed by atoms with Gasteiger partial charge in [-0.2, -0.15) is 4.98 Å². The molecule has 0 fully saturated rings. The smallest absolute Gasteiger partial charge is 0.257 e. The van der Waals surface area contributed by atoms with Gasteiger partial charge in [-0.1, -0.05) is 6.07 Å². The number of anilines is 4. The Hall–Kier alpha value is -3.57. The Bertz CT molecular complexity index is 1070. The maximum atomic E-state index is 12.5. The molecule has 156 valence electrons. The van der Waals surface area contributed by atoms with Crippen molar-refractivity contribution < 1.29 is 9.59 Å². The van der Waals surface area contributed by atoms with E-state index in [-0.39, 0.29) is 23.3 Å². The van der Waals surface area contributed by atoms with E-state index in [0.717, 1.165) is 4.88 Å². The predicted octanol–water partition coefficient (Wildman–Crippen LogP) is 2.10. The van der Waals surface area contributed by atoms with Crippen LogP contribution in [-0.2, 0) is 0 Å². The minimum Gasteiger partial charge on any atom is -0.365 e. The van der Waals surface area contributed by atoms with Crippen molar-refractivity contribution in [3.8, 4) is 0 Å². The second-order valence-electron chi connectivity index (χ2n) is 6.61. The third-order valence-electron chi connectivity index (χ3n) is 3.87. The molecule has 30 heavy (non-hydrogen) atoms. The zero-order valence-corrected chi connectivity index (χ0v) is 17.3. The Balaban J connectivity index is 1.81. The van der Waals surface area contributed by atoms with E-state index in [4.69, 9.17) is 11.5 Å². The lowest BCUT2D eigenvalue weighted by atomic mass is 10.2. The lowest BCUT2D eigenvalue weighted by Gasteiger charge is -2.13. The maximum Gasteiger partial charge on any atom is 0.257 e. The van der Waals surface area contributed by atoms with E-state index in [2.05, 4.69) is 30.9 Å². The van der Waals surface area contributed by atoms with Crippen LogP contribution in [0.25, 0.3) is 0 Å². The largest absolute Gasteiger partial charge is 0.365 e. The molecule has 1 aromatic carbocycles. The molecule has 10 nitrogen and oxygen atoms in total. The topological polar surface area (TPSA) is 161 Å². The van der Waals surface area contributed by atoms with Gasteiger partial charge in [0.05, 0.1) is 0 Å². The van der Waals surface area contributed by atoms with Crippen molar-refractivity contribution in [2.24, 2.45) is 11.5 Å². The number of aryl methyl sites for hydroxylation is 1. The van der Waals surface area contributed by atoms with Gasteiger partial charge in [-0.3, -0.25) is 14.9 Å². The summed E-state index contributed by atoms with van der Waals surface area (Å²) in [6.45, 7) is 4.21. The highest BCUT2D eigenvalue weighted by molar-refractivity contribution is 7.15. The van der Waals surface area contributed by atoms with Crippen LogP contribution in [0.2, 0.25) is 0 Å². The molecule has 0 unspecified atom stereocenters. The number of thiazole rings is 1. The molecular weight excluding hydrogens is 404 g/mol. The second-order valence-corrected chi connectivity index (χ2v) is 7.85. The minimum atomic E-state index is -0.677. The van der Waals surface area contributed by atoms with E-state index in [1.165, 1.54) is 17.5 Å². The fraction of sp³-hybridized carbons (Fsp3) is 0.211. The lowest BCUT2D eigenvalue weighted by molar-refractivity contribution is 0.0997. The van der Waals surface area contributed by atoms with E-state index < -0.39 is 5.91 Å². The number of nitrogens with one attached hydrogen (secondary N) is 3. The number of hydrogen-bond acceptors (Lipinski definition) is 9. The first-order chi connectivity index (χ1) is 14.3. The van der Waals surface area contributed by atoms with Crippen LogP contribution in [0.3, 0.4) is 0 Å². The Morgan fingerprint density at radius 3 is 2.70 bits per heavy atom. The molecule has 3 aromatic rings. The fourth-order valence-electron chi connectivity index (χ4n) is 2.45. The molecule has 11 heteroatoms. The zero-order chi connectivity index (χ0) is 21.7. The van der Waals surface area contributed by atoms with Crippen LogP contribution in [0.4, 0.5) is 22.6 Å². The van der Waals surface area contributed by atoms with Gasteiger partial charge >= 0.3 is 0 Å². The van der Waals surface area contributed by atoms with Crippen LogP contribution < -0.4 is 27.4 Å². The summed E-state index contributed by atoms with van der Waals surface area (Å²) in [6, 6.07) is 6.66. The summed E-state index contributed by atoms with van der Waals surface area (Å²) in [7, 11) is 0. The van der Waals surface area contributed by atoms with Crippen LogP contribution in [0.1, 0.15) is 32.5 Å². The van der Waals surface area contributed by atoms with E-state index in [1.807, 2.05) is 13.8 Å². The van der Waals surface area contributed by atoms with Crippen LogP contribution in [0, 0.1) is 6.92 Å².